The third-order valence-electron chi connectivity index (χ3n) is 5.26. The predicted octanol–water partition coefficient (Wildman–Crippen LogP) is 5.34. The van der Waals surface area contributed by atoms with Gasteiger partial charge in [-0.2, -0.15) is 0 Å². The fraction of sp³-hybridized carbons (Fsp3) is 0.310. The van der Waals surface area contributed by atoms with Gasteiger partial charge in [0.1, 0.15) is 5.82 Å². The van der Waals surface area contributed by atoms with E-state index in [1.165, 1.54) is 12.1 Å². The van der Waals surface area contributed by atoms with E-state index in [1.54, 1.807) is 6.92 Å². The summed E-state index contributed by atoms with van der Waals surface area (Å²) in [5, 5.41) is 13.3. The Morgan fingerprint density at radius 3 is 2.20 bits per heavy atom. The van der Waals surface area contributed by atoms with Crippen LogP contribution in [0.5, 0.6) is 0 Å². The standard InChI is InChI=1S/C29H33FN2O3/c1-21(33)28(35-19-23-12-8-5-9-13-23)32-27-17-25(30)26(31)16-24(27)14-15-29(2,3)20-34-18-22-10-6-4-7-11-22/h4-13,16-17,21,28,32-33H,18-20,31H2,1-3H3. The fourth-order valence-corrected chi connectivity index (χ4v) is 3.30. The molecule has 0 bridgehead atoms. The van der Waals surface area contributed by atoms with Gasteiger partial charge < -0.3 is 25.6 Å². The first-order chi connectivity index (χ1) is 16.7. The number of nitrogens with one attached hydrogen (secondary N) is 1. The number of benzene rings is 3. The summed E-state index contributed by atoms with van der Waals surface area (Å²) in [6.07, 6.45) is -1.64. The van der Waals surface area contributed by atoms with Crippen molar-refractivity contribution in [2.45, 2.75) is 46.3 Å². The summed E-state index contributed by atoms with van der Waals surface area (Å²) in [6.45, 7) is 6.77. The SMILES string of the molecule is CC(O)C(Nc1cc(F)c(N)cc1C#CC(C)(C)COCc1ccccc1)OCc1ccccc1. The number of nitrogens with two attached hydrogens (primary N) is 1. The maximum atomic E-state index is 14.3. The molecule has 2 unspecified atom stereocenters. The molecule has 0 aliphatic rings. The smallest absolute Gasteiger partial charge is 0.154 e. The van der Waals surface area contributed by atoms with Crippen LogP contribution in [0.15, 0.2) is 72.8 Å². The van der Waals surface area contributed by atoms with E-state index in [0.717, 1.165) is 11.1 Å². The van der Waals surface area contributed by atoms with Crippen molar-refractivity contribution in [1.82, 2.24) is 0 Å². The predicted molar refractivity (Wildman–Crippen MR) is 138 cm³/mol. The second-order valence-corrected chi connectivity index (χ2v) is 9.13. The number of hydrogen-bond acceptors (Lipinski definition) is 5. The molecule has 0 aromatic heterocycles. The van der Waals surface area contributed by atoms with E-state index in [-0.39, 0.29) is 12.3 Å². The monoisotopic (exact) mass is 476 g/mol. The number of hydrogen-bond donors (Lipinski definition) is 3. The van der Waals surface area contributed by atoms with Crippen LogP contribution in [0.1, 0.15) is 37.5 Å². The largest absolute Gasteiger partial charge is 0.396 e. The van der Waals surface area contributed by atoms with Crippen molar-refractivity contribution < 1.29 is 19.0 Å². The number of ether oxygens (including phenoxy) is 2. The number of rotatable bonds is 10. The Kier molecular flexibility index (Phi) is 9.27. The molecule has 184 valence electrons. The highest BCUT2D eigenvalue weighted by Gasteiger charge is 2.19. The van der Waals surface area contributed by atoms with Crippen molar-refractivity contribution in [3.63, 3.8) is 0 Å². The molecule has 0 heterocycles. The molecule has 4 N–H and O–H groups in total. The summed E-state index contributed by atoms with van der Waals surface area (Å²) in [5.74, 6) is 5.75. The van der Waals surface area contributed by atoms with Crippen LogP contribution < -0.4 is 11.1 Å². The van der Waals surface area contributed by atoms with Gasteiger partial charge in [0, 0.05) is 11.5 Å². The van der Waals surface area contributed by atoms with Crippen LogP contribution in [-0.2, 0) is 22.7 Å². The van der Waals surface area contributed by atoms with E-state index in [9.17, 15) is 9.50 Å². The van der Waals surface area contributed by atoms with Crippen molar-refractivity contribution in [1.29, 1.82) is 0 Å². The molecular formula is C29H33FN2O3. The van der Waals surface area contributed by atoms with E-state index in [0.29, 0.717) is 24.5 Å². The number of halogens is 1. The lowest BCUT2D eigenvalue weighted by Gasteiger charge is -2.24. The molecule has 0 saturated carbocycles. The quantitative estimate of drug-likeness (QED) is 0.209. The summed E-state index contributed by atoms with van der Waals surface area (Å²) >= 11 is 0. The maximum Gasteiger partial charge on any atom is 0.154 e. The van der Waals surface area contributed by atoms with Gasteiger partial charge >= 0.3 is 0 Å². The van der Waals surface area contributed by atoms with Crippen LogP contribution in [0.4, 0.5) is 15.8 Å². The molecular weight excluding hydrogens is 443 g/mol. The van der Waals surface area contributed by atoms with Gasteiger partial charge in [0.15, 0.2) is 6.23 Å². The minimum absolute atomic E-state index is 0.00298. The zero-order chi connectivity index (χ0) is 25.3. The van der Waals surface area contributed by atoms with E-state index in [1.807, 2.05) is 74.5 Å². The van der Waals surface area contributed by atoms with Crippen molar-refractivity contribution in [3.8, 4) is 11.8 Å². The van der Waals surface area contributed by atoms with Gasteiger partial charge in [-0.3, -0.25) is 0 Å². The first kappa shape index (κ1) is 26.2. The Morgan fingerprint density at radius 2 is 1.60 bits per heavy atom. The molecule has 0 fully saturated rings. The molecule has 2 atom stereocenters. The second-order valence-electron chi connectivity index (χ2n) is 9.13. The van der Waals surface area contributed by atoms with Crippen LogP contribution in [-0.4, -0.2) is 24.0 Å². The number of anilines is 2. The molecule has 6 heteroatoms. The van der Waals surface area contributed by atoms with Crippen molar-refractivity contribution in [2.75, 3.05) is 17.7 Å². The molecule has 35 heavy (non-hydrogen) atoms. The lowest BCUT2D eigenvalue weighted by atomic mass is 9.95. The lowest BCUT2D eigenvalue weighted by molar-refractivity contribution is -0.0213. The summed E-state index contributed by atoms with van der Waals surface area (Å²) in [4.78, 5) is 0. The van der Waals surface area contributed by atoms with Crippen LogP contribution in [0.25, 0.3) is 0 Å². The molecule has 0 aliphatic carbocycles. The normalized spacial score (nSPS) is 12.9. The number of aliphatic hydroxyl groups excluding tert-OH is 1. The summed E-state index contributed by atoms with van der Waals surface area (Å²) in [7, 11) is 0. The Hall–Kier alpha value is -3.37. The van der Waals surface area contributed by atoms with Crippen LogP contribution in [0.3, 0.4) is 0 Å². The van der Waals surface area contributed by atoms with Gasteiger partial charge in [-0.25, -0.2) is 4.39 Å². The van der Waals surface area contributed by atoms with E-state index in [4.69, 9.17) is 15.2 Å². The van der Waals surface area contributed by atoms with E-state index >= 15 is 0 Å². The average molecular weight is 477 g/mol. The van der Waals surface area contributed by atoms with Crippen LogP contribution in [0.2, 0.25) is 0 Å². The minimum atomic E-state index is -0.858. The molecule has 3 aromatic carbocycles. The fourth-order valence-electron chi connectivity index (χ4n) is 3.30. The zero-order valence-electron chi connectivity index (χ0n) is 20.4. The van der Waals surface area contributed by atoms with Crippen molar-refractivity contribution in [3.05, 3.63) is 95.3 Å². The molecule has 0 amide bonds. The molecule has 0 saturated heterocycles. The average Bonchev–Trinajstić information content (AvgIpc) is 2.84. The summed E-state index contributed by atoms with van der Waals surface area (Å²) < 4.78 is 26.1. The van der Waals surface area contributed by atoms with Crippen molar-refractivity contribution >= 4 is 11.4 Å². The van der Waals surface area contributed by atoms with Crippen molar-refractivity contribution in [2.24, 2.45) is 5.41 Å². The highest BCUT2D eigenvalue weighted by Crippen LogP contribution is 2.25. The van der Waals surface area contributed by atoms with Gasteiger partial charge in [-0.15, -0.1) is 0 Å². The third-order valence-corrected chi connectivity index (χ3v) is 5.26. The molecule has 0 aliphatic heterocycles. The van der Waals surface area contributed by atoms with Crippen LogP contribution >= 0.6 is 0 Å². The third kappa shape index (κ3) is 8.41. The lowest BCUT2D eigenvalue weighted by Crippen LogP contribution is -2.34. The molecule has 3 rings (SSSR count). The first-order valence-electron chi connectivity index (χ1n) is 11.6. The Bertz CT molecular complexity index is 1140. The minimum Gasteiger partial charge on any atom is -0.396 e. The molecule has 0 radical (unpaired) electrons. The number of aliphatic hydroxyl groups is 1. The maximum absolute atomic E-state index is 14.3. The Morgan fingerprint density at radius 1 is 1.00 bits per heavy atom. The Balaban J connectivity index is 1.72. The molecule has 5 nitrogen and oxygen atoms in total. The van der Waals surface area contributed by atoms with Gasteiger partial charge in [0.2, 0.25) is 0 Å². The first-order valence-corrected chi connectivity index (χ1v) is 11.6. The van der Waals surface area contributed by atoms with Gasteiger partial charge in [-0.05, 0) is 38.0 Å². The highest BCUT2D eigenvalue weighted by molar-refractivity contribution is 5.65. The van der Waals surface area contributed by atoms with E-state index in [2.05, 4.69) is 17.2 Å². The topological polar surface area (TPSA) is 76.7 Å². The van der Waals surface area contributed by atoms with Gasteiger partial charge in [-0.1, -0.05) is 72.5 Å². The molecule has 0 spiro atoms. The summed E-state index contributed by atoms with van der Waals surface area (Å²) in [6, 6.07) is 22.3. The summed E-state index contributed by atoms with van der Waals surface area (Å²) in [5.41, 5.74) is 8.32. The van der Waals surface area contributed by atoms with Crippen LogP contribution in [0, 0.1) is 23.1 Å². The number of nitrogen functional groups attached to an aromatic ring is 1. The molecule has 3 aromatic rings. The Labute approximate surface area is 207 Å². The second kappa shape index (κ2) is 12.4. The van der Waals surface area contributed by atoms with Gasteiger partial charge in [0.25, 0.3) is 0 Å². The zero-order valence-corrected chi connectivity index (χ0v) is 20.4. The van der Waals surface area contributed by atoms with Gasteiger partial charge in [0.05, 0.1) is 42.9 Å². The van der Waals surface area contributed by atoms with E-state index < -0.39 is 23.6 Å². The highest BCUT2D eigenvalue weighted by atomic mass is 19.1.